The highest BCUT2D eigenvalue weighted by atomic mass is 16.3. The van der Waals surface area contributed by atoms with Crippen molar-refractivity contribution >= 4 is 5.78 Å². The number of Topliss-reactive ketones (excluding diaryl/α,β-unsaturated/α-hetero) is 1. The van der Waals surface area contributed by atoms with Gasteiger partial charge in [0.05, 0.1) is 0 Å². The molecule has 0 heterocycles. The molecule has 296 valence electrons. The van der Waals surface area contributed by atoms with Crippen LogP contribution in [-0.2, 0) is 4.79 Å². The molecule has 4 unspecified atom stereocenters. The molecule has 0 aromatic heterocycles. The number of ketones is 1. The van der Waals surface area contributed by atoms with Gasteiger partial charge in [-0.05, 0) is 36.8 Å². The summed E-state index contributed by atoms with van der Waals surface area (Å²) in [7, 11) is 0. The fourth-order valence-electron chi connectivity index (χ4n) is 10.2. The average molecular weight is 719 g/mol. The zero-order valence-corrected chi connectivity index (χ0v) is 33.8. The van der Waals surface area contributed by atoms with Crippen LogP contribution in [0.25, 0.3) is 0 Å². The van der Waals surface area contributed by atoms with Crippen molar-refractivity contribution in [1.29, 1.82) is 0 Å². The van der Waals surface area contributed by atoms with Gasteiger partial charge in [-0.1, -0.05) is 242 Å². The second-order valence-electron chi connectivity index (χ2n) is 17.9. The van der Waals surface area contributed by atoms with E-state index in [-0.39, 0.29) is 11.8 Å². The van der Waals surface area contributed by atoms with Crippen LogP contribution >= 0.6 is 0 Å². The van der Waals surface area contributed by atoms with Crippen LogP contribution < -0.4 is 0 Å². The number of carbonyl (C=O) groups is 1. The number of hydrogen-bond donors (Lipinski definition) is 2. The smallest absolute Gasteiger partial charge is 0.204 e. The highest BCUT2D eigenvalue weighted by molar-refractivity contribution is 5.99. The highest BCUT2D eigenvalue weighted by Gasteiger charge is 2.53. The van der Waals surface area contributed by atoms with Crippen LogP contribution in [0.3, 0.4) is 0 Å². The molecule has 4 atom stereocenters. The van der Waals surface area contributed by atoms with Gasteiger partial charge in [-0.15, -0.1) is 0 Å². The molecule has 0 saturated heterocycles. The molecule has 0 spiro atoms. The second-order valence-corrected chi connectivity index (χ2v) is 17.9. The zero-order valence-electron chi connectivity index (χ0n) is 33.8. The van der Waals surface area contributed by atoms with E-state index in [4.69, 9.17) is 0 Å². The maximum Gasteiger partial charge on any atom is 0.204 e. The number of unbranched alkanes of at least 4 members (excludes halogenated alkanes) is 18. The normalized spacial score (nSPS) is 26.7. The van der Waals surface area contributed by atoms with Gasteiger partial charge >= 0.3 is 0 Å². The van der Waals surface area contributed by atoms with E-state index in [0.29, 0.717) is 0 Å². The van der Waals surface area contributed by atoms with Gasteiger partial charge in [-0.2, -0.15) is 0 Å². The van der Waals surface area contributed by atoms with Crippen LogP contribution in [0.4, 0.5) is 0 Å². The van der Waals surface area contributed by atoms with E-state index in [9.17, 15) is 15.0 Å². The predicted molar refractivity (Wildman–Crippen MR) is 222 cm³/mol. The third-order valence-electron chi connectivity index (χ3n) is 13.7. The molecule has 4 aliphatic carbocycles. The third-order valence-corrected chi connectivity index (χ3v) is 13.7. The minimum Gasteiger partial charge on any atom is -0.377 e. The van der Waals surface area contributed by atoms with Crippen molar-refractivity contribution in [3.63, 3.8) is 0 Å². The first kappa shape index (κ1) is 43.3. The Morgan fingerprint density at radius 3 is 1.02 bits per heavy atom. The predicted octanol–water partition coefficient (Wildman–Crippen LogP) is 14.0. The van der Waals surface area contributed by atoms with E-state index < -0.39 is 17.0 Å². The summed E-state index contributed by atoms with van der Waals surface area (Å²) in [5, 5.41) is 23.8. The lowest BCUT2D eigenvalue weighted by atomic mass is 9.67. The summed E-state index contributed by atoms with van der Waals surface area (Å²) < 4.78 is 0. The Kier molecular flexibility index (Phi) is 21.3. The first-order valence-corrected chi connectivity index (χ1v) is 23.2. The van der Waals surface area contributed by atoms with Crippen LogP contribution in [0.1, 0.15) is 218 Å². The molecule has 3 nitrogen and oxygen atoms in total. The molecule has 3 heteroatoms. The summed E-state index contributed by atoms with van der Waals surface area (Å²) in [6.45, 7) is 0. The van der Waals surface area contributed by atoms with Gasteiger partial charge < -0.3 is 10.2 Å². The summed E-state index contributed by atoms with van der Waals surface area (Å²) in [6, 6.07) is 0. The lowest BCUT2D eigenvalue weighted by Gasteiger charge is -2.41. The van der Waals surface area contributed by atoms with Gasteiger partial charge in [-0.25, -0.2) is 0 Å². The summed E-state index contributed by atoms with van der Waals surface area (Å²) in [6.07, 6.45) is 59.9. The minimum atomic E-state index is -1.66. The van der Waals surface area contributed by atoms with E-state index in [0.717, 1.165) is 50.4 Å². The zero-order chi connectivity index (χ0) is 36.6. The maximum absolute atomic E-state index is 14.1. The Balaban J connectivity index is 1.04. The standard InChI is InChI=1S/C49H82O3/c50-47(48(51)41-29-27-39-45(48)37-25-15-11-7-3-1-5-9-13-19-31-43-33-21-17-22-34-43)49(52)42-30-28-40-46(49)38-26-16-12-8-4-2-6-10-14-20-32-44-35-23-18-24-36-44/h27-30,39-46,51-52H,1-26,31-38H2. The van der Waals surface area contributed by atoms with E-state index in [1.54, 1.807) is 24.3 Å². The molecule has 0 bridgehead atoms. The second kappa shape index (κ2) is 25.6. The van der Waals surface area contributed by atoms with Gasteiger partial charge in [0.2, 0.25) is 5.78 Å². The number of hydrogen-bond acceptors (Lipinski definition) is 3. The van der Waals surface area contributed by atoms with E-state index >= 15 is 0 Å². The molecule has 0 aromatic carbocycles. The number of allylic oxidation sites excluding steroid dienone is 4. The summed E-state index contributed by atoms with van der Waals surface area (Å²) >= 11 is 0. The van der Waals surface area contributed by atoms with Crippen molar-refractivity contribution in [2.75, 3.05) is 0 Å². The Bertz CT molecular complexity index is 976. The quantitative estimate of drug-likeness (QED) is 0.0792. The lowest BCUT2D eigenvalue weighted by molar-refractivity contribution is -0.155. The summed E-state index contributed by atoms with van der Waals surface area (Å²) in [5.74, 6) is 1.03. The first-order chi connectivity index (χ1) is 25.5. The highest BCUT2D eigenvalue weighted by Crippen LogP contribution is 2.39. The molecule has 0 aliphatic heterocycles. The van der Waals surface area contributed by atoms with Crippen molar-refractivity contribution in [3.8, 4) is 0 Å². The Morgan fingerprint density at radius 2 is 0.692 bits per heavy atom. The first-order valence-electron chi connectivity index (χ1n) is 23.2. The van der Waals surface area contributed by atoms with E-state index in [1.165, 1.54) is 180 Å². The van der Waals surface area contributed by atoms with Crippen LogP contribution in [0.15, 0.2) is 48.6 Å². The van der Waals surface area contributed by atoms with Gasteiger partial charge in [-0.3, -0.25) is 4.79 Å². The van der Waals surface area contributed by atoms with Gasteiger partial charge in [0.1, 0.15) is 0 Å². The molecule has 0 aromatic rings. The number of carbonyl (C=O) groups excluding carboxylic acids is 1. The van der Waals surface area contributed by atoms with Crippen LogP contribution in [-0.4, -0.2) is 27.2 Å². The van der Waals surface area contributed by atoms with Crippen LogP contribution in [0.2, 0.25) is 0 Å². The average Bonchev–Trinajstić information content (AvgIpc) is 3.17. The Hall–Kier alpha value is -1.45. The van der Waals surface area contributed by atoms with Gasteiger partial charge in [0.25, 0.3) is 0 Å². The molecule has 2 N–H and O–H groups in total. The fraction of sp³-hybridized carbons (Fsp3) is 0.816. The fourth-order valence-corrected chi connectivity index (χ4v) is 10.2. The van der Waals surface area contributed by atoms with Gasteiger partial charge in [0.15, 0.2) is 11.2 Å². The van der Waals surface area contributed by atoms with Crippen molar-refractivity contribution < 1.29 is 15.0 Å². The topological polar surface area (TPSA) is 57.5 Å². The Labute approximate surface area is 321 Å². The molecule has 2 fully saturated rings. The largest absolute Gasteiger partial charge is 0.377 e. The van der Waals surface area contributed by atoms with E-state index in [1.807, 2.05) is 24.3 Å². The number of rotatable bonds is 28. The SMILES string of the molecule is O=C(C1(O)C=CC=CC1CCCCCCCCCCCCC1CCCCC1)C1(O)C=CC=CC1CCCCCCCCCCCCC1CCCCC1. The molecular formula is C49H82O3. The maximum atomic E-state index is 14.1. The number of aliphatic hydroxyl groups is 2. The van der Waals surface area contributed by atoms with Crippen molar-refractivity contribution in [3.05, 3.63) is 48.6 Å². The summed E-state index contributed by atoms with van der Waals surface area (Å²) in [5.41, 5.74) is -3.33. The van der Waals surface area contributed by atoms with Crippen LogP contribution in [0.5, 0.6) is 0 Å². The van der Waals surface area contributed by atoms with Crippen LogP contribution in [0, 0.1) is 23.7 Å². The van der Waals surface area contributed by atoms with Gasteiger partial charge in [0, 0.05) is 11.8 Å². The monoisotopic (exact) mass is 719 g/mol. The molecule has 4 aliphatic rings. The third kappa shape index (κ3) is 15.4. The molecule has 0 amide bonds. The molecule has 2 saturated carbocycles. The molecule has 52 heavy (non-hydrogen) atoms. The molecule has 4 rings (SSSR count). The Morgan fingerprint density at radius 1 is 0.404 bits per heavy atom. The van der Waals surface area contributed by atoms with Crippen molar-refractivity contribution in [1.82, 2.24) is 0 Å². The summed E-state index contributed by atoms with van der Waals surface area (Å²) in [4.78, 5) is 14.1. The van der Waals surface area contributed by atoms with Crippen molar-refractivity contribution in [2.45, 2.75) is 230 Å². The minimum absolute atomic E-state index is 0.292. The lowest BCUT2D eigenvalue weighted by Crippen LogP contribution is -2.58. The molecule has 0 radical (unpaired) electrons. The molecular weight excluding hydrogens is 637 g/mol. The van der Waals surface area contributed by atoms with Crippen molar-refractivity contribution in [2.24, 2.45) is 23.7 Å². The van der Waals surface area contributed by atoms with E-state index in [2.05, 4.69) is 0 Å².